The molecule has 8 nitrogen and oxygen atoms in total. The molecule has 1 spiro atoms. The van der Waals surface area contributed by atoms with Crippen LogP contribution in [0.1, 0.15) is 54.9 Å². The number of aromatic nitrogens is 1. The van der Waals surface area contributed by atoms with Crippen LogP contribution in [0.25, 0.3) is 0 Å². The molecule has 2 aliphatic rings. The van der Waals surface area contributed by atoms with Gasteiger partial charge in [0.25, 0.3) is 5.91 Å². The Kier molecular flexibility index (Phi) is 8.52. The Morgan fingerprint density at radius 3 is 2.32 bits per heavy atom. The van der Waals surface area contributed by atoms with Gasteiger partial charge in [-0.15, -0.1) is 0 Å². The van der Waals surface area contributed by atoms with Crippen LogP contribution in [0.4, 0.5) is 5.69 Å². The number of pyridine rings is 1. The second-order valence-electron chi connectivity index (χ2n) is 9.71. The molecule has 0 aliphatic heterocycles. The van der Waals surface area contributed by atoms with E-state index in [1.807, 2.05) is 0 Å². The van der Waals surface area contributed by atoms with Crippen LogP contribution in [-0.4, -0.2) is 46.5 Å². The lowest BCUT2D eigenvalue weighted by Gasteiger charge is -2.49. The number of ketones is 1. The molecule has 0 radical (unpaired) electrons. The number of amides is 1. The molecule has 11 heteroatoms. The molecule has 1 heterocycles. The molecular weight excluding hydrogens is 597 g/mol. The molecule has 1 aromatic carbocycles. The van der Waals surface area contributed by atoms with Crippen molar-refractivity contribution in [2.45, 2.75) is 57.1 Å². The van der Waals surface area contributed by atoms with Crippen molar-refractivity contribution in [1.82, 2.24) is 10.3 Å². The summed E-state index contributed by atoms with van der Waals surface area (Å²) in [6.45, 7) is 1.81. The van der Waals surface area contributed by atoms with Gasteiger partial charge in [-0.25, -0.2) is 4.79 Å². The number of carbonyl (C=O) groups is 3. The van der Waals surface area contributed by atoms with Crippen LogP contribution in [0.15, 0.2) is 46.8 Å². The fourth-order valence-electron chi connectivity index (χ4n) is 5.21. The first kappa shape index (κ1) is 28.5. The van der Waals surface area contributed by atoms with E-state index in [0.29, 0.717) is 28.7 Å². The lowest BCUT2D eigenvalue weighted by Crippen LogP contribution is -2.60. The predicted molar refractivity (Wildman–Crippen MR) is 149 cm³/mol. The highest BCUT2D eigenvalue weighted by molar-refractivity contribution is 9.12. The average Bonchev–Trinajstić information content (AvgIpc) is 2.91. The second kappa shape index (κ2) is 11.3. The average molecular weight is 625 g/mol. The topological polar surface area (TPSA) is 118 Å². The van der Waals surface area contributed by atoms with Crippen LogP contribution >= 0.6 is 39.1 Å². The fraction of sp³-hybridized carbons (Fsp3) is 0.407. The zero-order chi connectivity index (χ0) is 27.7. The number of hydrogen-bond donors (Lipinski definition) is 3. The normalized spacial score (nSPS) is 22.6. The summed E-state index contributed by atoms with van der Waals surface area (Å²) in [4.78, 5) is 42.1. The van der Waals surface area contributed by atoms with Gasteiger partial charge in [-0.05, 0) is 65.7 Å². The van der Waals surface area contributed by atoms with Gasteiger partial charge < -0.3 is 20.5 Å². The number of carboxylic acid groups (broad SMARTS) is 1. The first-order valence-corrected chi connectivity index (χ1v) is 13.8. The SMILES string of the molecule is CC[C@@](Cc1ccc(NC(=O)c2c(Cl)cncc2Cl)cc1)(NC1=C(Br)C(=O)C12CCC(OC)CC2)C(=O)O. The Bertz CT molecular complexity index is 1270. The van der Waals surface area contributed by atoms with Crippen molar-refractivity contribution in [3.8, 4) is 0 Å². The molecule has 0 unspecified atom stereocenters. The van der Waals surface area contributed by atoms with E-state index < -0.39 is 22.8 Å². The maximum Gasteiger partial charge on any atom is 0.329 e. The number of nitrogens with zero attached hydrogens (tertiary/aromatic N) is 1. The second-order valence-corrected chi connectivity index (χ2v) is 11.3. The summed E-state index contributed by atoms with van der Waals surface area (Å²) in [6.07, 6.45) is 5.94. The maximum atomic E-state index is 12.9. The zero-order valence-corrected chi connectivity index (χ0v) is 24.0. The number of benzene rings is 1. The zero-order valence-electron chi connectivity index (χ0n) is 20.9. The van der Waals surface area contributed by atoms with Crippen molar-refractivity contribution in [2.75, 3.05) is 12.4 Å². The summed E-state index contributed by atoms with van der Waals surface area (Å²) >= 11 is 15.5. The van der Waals surface area contributed by atoms with Gasteiger partial charge in [0.1, 0.15) is 5.54 Å². The van der Waals surface area contributed by atoms with Gasteiger partial charge >= 0.3 is 5.97 Å². The third kappa shape index (κ3) is 5.21. The number of ether oxygens (including phenoxy) is 1. The molecule has 1 saturated carbocycles. The number of anilines is 1. The first-order chi connectivity index (χ1) is 18.1. The van der Waals surface area contributed by atoms with Gasteiger partial charge in [-0.1, -0.05) is 42.3 Å². The summed E-state index contributed by atoms with van der Waals surface area (Å²) in [5.74, 6) is -1.48. The molecule has 1 amide bonds. The lowest BCUT2D eigenvalue weighted by molar-refractivity contribution is -0.145. The van der Waals surface area contributed by atoms with Crippen LogP contribution in [-0.2, 0) is 20.7 Å². The number of methoxy groups -OCH3 is 1. The summed E-state index contributed by atoms with van der Waals surface area (Å²) in [7, 11) is 1.67. The van der Waals surface area contributed by atoms with Crippen LogP contribution in [0.3, 0.4) is 0 Å². The molecule has 2 aromatic rings. The van der Waals surface area contributed by atoms with Crippen LogP contribution in [0.2, 0.25) is 10.0 Å². The Morgan fingerprint density at radius 1 is 1.18 bits per heavy atom. The van der Waals surface area contributed by atoms with Gasteiger partial charge in [0.15, 0.2) is 5.78 Å². The smallest absolute Gasteiger partial charge is 0.329 e. The summed E-state index contributed by atoms with van der Waals surface area (Å²) in [6, 6.07) is 6.90. The van der Waals surface area contributed by atoms with Gasteiger partial charge in [-0.3, -0.25) is 14.6 Å². The monoisotopic (exact) mass is 623 g/mol. The quantitative estimate of drug-likeness (QED) is 0.324. The molecule has 0 saturated heterocycles. The molecular formula is C27H28BrCl2N3O5. The van der Waals surface area contributed by atoms with Crippen molar-refractivity contribution in [2.24, 2.45) is 5.41 Å². The number of nitrogens with one attached hydrogen (secondary N) is 2. The minimum atomic E-state index is -1.33. The highest BCUT2D eigenvalue weighted by Crippen LogP contribution is 2.54. The Labute approximate surface area is 239 Å². The highest BCUT2D eigenvalue weighted by atomic mass is 79.9. The number of carbonyl (C=O) groups excluding carboxylic acids is 2. The minimum absolute atomic E-state index is 0.0134. The number of hydrogen-bond acceptors (Lipinski definition) is 6. The van der Waals surface area contributed by atoms with E-state index in [1.54, 1.807) is 38.3 Å². The van der Waals surface area contributed by atoms with Gasteiger partial charge in [0.05, 0.1) is 31.6 Å². The van der Waals surface area contributed by atoms with E-state index >= 15 is 0 Å². The van der Waals surface area contributed by atoms with Gasteiger partial charge in [0, 0.05) is 37.3 Å². The Morgan fingerprint density at radius 2 is 1.79 bits per heavy atom. The van der Waals surface area contributed by atoms with E-state index in [-0.39, 0.29) is 40.3 Å². The molecule has 1 atom stereocenters. The summed E-state index contributed by atoms with van der Waals surface area (Å²) in [5.41, 5.74) is -0.00140. The molecule has 2 aliphatic carbocycles. The molecule has 38 heavy (non-hydrogen) atoms. The highest BCUT2D eigenvalue weighted by Gasteiger charge is 2.56. The van der Waals surface area contributed by atoms with Crippen molar-refractivity contribution in [1.29, 1.82) is 0 Å². The minimum Gasteiger partial charge on any atom is -0.479 e. The first-order valence-electron chi connectivity index (χ1n) is 12.3. The fourth-order valence-corrected chi connectivity index (χ4v) is 6.60. The van der Waals surface area contributed by atoms with E-state index in [0.717, 1.165) is 18.4 Å². The van der Waals surface area contributed by atoms with E-state index in [4.69, 9.17) is 27.9 Å². The lowest BCUT2D eigenvalue weighted by atomic mass is 9.61. The molecule has 1 aromatic heterocycles. The molecule has 3 N–H and O–H groups in total. The van der Waals surface area contributed by atoms with Crippen LogP contribution in [0.5, 0.6) is 0 Å². The third-order valence-corrected chi connectivity index (χ3v) is 8.96. The number of allylic oxidation sites excluding steroid dienone is 2. The number of Topliss-reactive ketones (excluding diaryl/α,β-unsaturated/α-hetero) is 1. The Balaban J connectivity index is 1.52. The molecule has 202 valence electrons. The van der Waals surface area contributed by atoms with E-state index in [2.05, 4.69) is 31.5 Å². The largest absolute Gasteiger partial charge is 0.479 e. The third-order valence-electron chi connectivity index (χ3n) is 7.63. The van der Waals surface area contributed by atoms with Crippen molar-refractivity contribution < 1.29 is 24.2 Å². The molecule has 4 rings (SSSR count). The maximum absolute atomic E-state index is 12.9. The van der Waals surface area contributed by atoms with Crippen LogP contribution in [0, 0.1) is 5.41 Å². The number of halogens is 3. The Hall–Kier alpha value is -2.46. The number of carboxylic acids is 1. The molecule has 1 fully saturated rings. The van der Waals surface area contributed by atoms with Crippen molar-refractivity contribution in [3.05, 3.63) is 68.0 Å². The number of aliphatic carboxylic acids is 1. The van der Waals surface area contributed by atoms with Gasteiger partial charge in [-0.2, -0.15) is 0 Å². The van der Waals surface area contributed by atoms with Crippen LogP contribution < -0.4 is 10.6 Å². The van der Waals surface area contributed by atoms with Gasteiger partial charge in [0.2, 0.25) is 0 Å². The summed E-state index contributed by atoms with van der Waals surface area (Å²) < 4.78 is 5.88. The predicted octanol–water partition coefficient (Wildman–Crippen LogP) is 5.77. The van der Waals surface area contributed by atoms with E-state index in [1.165, 1.54) is 12.4 Å². The summed E-state index contributed by atoms with van der Waals surface area (Å²) in [5, 5.41) is 16.6. The number of rotatable bonds is 9. The van der Waals surface area contributed by atoms with E-state index in [9.17, 15) is 19.5 Å². The molecule has 0 bridgehead atoms. The van der Waals surface area contributed by atoms with Crippen molar-refractivity contribution in [3.63, 3.8) is 0 Å². The van der Waals surface area contributed by atoms with Crippen molar-refractivity contribution >= 4 is 62.5 Å². The standard InChI is InChI=1S/C27H28BrCl2N3O5/c1-3-27(25(36)37,33-22-21(28)23(34)26(22)10-8-17(38-2)9-11-26)12-15-4-6-16(7-5-15)32-24(35)20-18(29)13-31-14-19(20)30/h4-7,13-14,17,33H,3,8-12H2,1-2H3,(H,32,35)(H,36,37)/t17?,26?,27-/m0/s1.